The third kappa shape index (κ3) is 2.84. The molecule has 0 radical (unpaired) electrons. The molecule has 1 aromatic heterocycles. The van der Waals surface area contributed by atoms with E-state index >= 15 is 0 Å². The van der Waals surface area contributed by atoms with Gasteiger partial charge < -0.3 is 0 Å². The molecule has 1 heterocycles. The third-order valence-electron chi connectivity index (χ3n) is 2.25. The first-order valence-electron chi connectivity index (χ1n) is 4.52. The number of hydrogen-bond donors (Lipinski definition) is 1. The van der Waals surface area contributed by atoms with Gasteiger partial charge in [0.25, 0.3) is 0 Å². The van der Waals surface area contributed by atoms with Crippen molar-refractivity contribution in [2.75, 3.05) is 0 Å². The first kappa shape index (κ1) is 14.1. The summed E-state index contributed by atoms with van der Waals surface area (Å²) < 4.78 is 22.7. The van der Waals surface area contributed by atoms with Crippen molar-refractivity contribution in [2.24, 2.45) is 5.14 Å². The average molecular weight is 291 g/mol. The molecule has 17 heavy (non-hydrogen) atoms. The molecule has 0 atom stereocenters. The molecule has 2 N–H and O–H groups in total. The second-order valence-electron chi connectivity index (χ2n) is 3.31. The quantitative estimate of drug-likeness (QED) is 0.921. The van der Waals surface area contributed by atoms with Crippen molar-refractivity contribution in [3.63, 3.8) is 0 Å². The first-order valence-corrected chi connectivity index (χ1v) is 6.95. The van der Waals surface area contributed by atoms with Crippen LogP contribution < -0.4 is 5.14 Å². The van der Waals surface area contributed by atoms with Crippen LogP contribution in [0.5, 0.6) is 0 Å². The summed E-state index contributed by atoms with van der Waals surface area (Å²) in [4.78, 5) is 4.31. The highest BCUT2D eigenvalue weighted by molar-refractivity contribution is 7.89. The Kier molecular flexibility index (Phi) is 4.26. The van der Waals surface area contributed by atoms with Crippen LogP contribution in [0.2, 0.25) is 0 Å². The molecule has 0 aliphatic heterocycles. The lowest BCUT2D eigenvalue weighted by atomic mass is 10.1. The van der Waals surface area contributed by atoms with Crippen molar-refractivity contribution in [1.82, 2.24) is 4.98 Å². The number of nitrogens with two attached hydrogens (primary N) is 1. The van der Waals surface area contributed by atoms with E-state index in [-0.39, 0.29) is 17.3 Å². The van der Waals surface area contributed by atoms with E-state index in [4.69, 9.17) is 5.14 Å². The number of benzene rings is 1. The van der Waals surface area contributed by atoms with Gasteiger partial charge in [0.1, 0.15) is 5.01 Å². The number of halogens is 1. The fourth-order valence-corrected chi connectivity index (χ4v) is 3.04. The lowest BCUT2D eigenvalue weighted by Crippen LogP contribution is -2.13. The van der Waals surface area contributed by atoms with Gasteiger partial charge >= 0.3 is 0 Å². The maximum absolute atomic E-state index is 11.3. The second-order valence-corrected chi connectivity index (χ2v) is 5.74. The Morgan fingerprint density at radius 3 is 2.59 bits per heavy atom. The van der Waals surface area contributed by atoms with Gasteiger partial charge in [0.2, 0.25) is 10.0 Å². The summed E-state index contributed by atoms with van der Waals surface area (Å²) in [6.45, 7) is 1.73. The normalized spacial score (nSPS) is 10.9. The summed E-state index contributed by atoms with van der Waals surface area (Å²) in [7, 11) is -3.67. The van der Waals surface area contributed by atoms with Crippen LogP contribution in [0.1, 0.15) is 5.56 Å². The number of sulfonamides is 1. The van der Waals surface area contributed by atoms with Crippen LogP contribution in [-0.2, 0) is 10.0 Å². The first-order chi connectivity index (χ1) is 7.50. The summed E-state index contributed by atoms with van der Waals surface area (Å²) >= 11 is 1.46. The molecule has 0 unspecified atom stereocenters. The van der Waals surface area contributed by atoms with Crippen molar-refractivity contribution in [2.45, 2.75) is 11.8 Å². The Balaban J connectivity index is 0.00000144. The van der Waals surface area contributed by atoms with E-state index in [2.05, 4.69) is 4.98 Å². The smallest absolute Gasteiger partial charge is 0.238 e. The fraction of sp³-hybridized carbons (Fsp3) is 0.100. The van der Waals surface area contributed by atoms with E-state index in [1.54, 1.807) is 19.2 Å². The van der Waals surface area contributed by atoms with Gasteiger partial charge in [0.15, 0.2) is 0 Å². The van der Waals surface area contributed by atoms with Crippen molar-refractivity contribution < 1.29 is 8.42 Å². The predicted octanol–water partition coefficient (Wildman–Crippen LogP) is 2.19. The molecule has 92 valence electrons. The molecule has 0 bridgehead atoms. The highest BCUT2D eigenvalue weighted by Gasteiger charge is 2.15. The van der Waals surface area contributed by atoms with Crippen LogP contribution in [0.15, 0.2) is 34.7 Å². The van der Waals surface area contributed by atoms with Crippen molar-refractivity contribution in [3.8, 4) is 10.6 Å². The topological polar surface area (TPSA) is 73.0 Å². The minimum absolute atomic E-state index is 0. The summed E-state index contributed by atoms with van der Waals surface area (Å²) in [5.74, 6) is 0. The Morgan fingerprint density at radius 2 is 2.06 bits per heavy atom. The van der Waals surface area contributed by atoms with E-state index in [0.29, 0.717) is 5.56 Å². The standard InChI is InChI=1S/C10H10N2O2S2.ClH/c1-7-8(10-12-5-6-15-10)3-2-4-9(7)16(11,13)14;/h2-6H,1H3,(H2,11,13,14);1H. The van der Waals surface area contributed by atoms with Crippen LogP contribution >= 0.6 is 23.7 Å². The molecule has 0 saturated heterocycles. The molecule has 2 rings (SSSR count). The summed E-state index contributed by atoms with van der Waals surface area (Å²) in [5.41, 5.74) is 1.45. The van der Waals surface area contributed by atoms with Gasteiger partial charge in [-0.25, -0.2) is 18.5 Å². The molecule has 0 amide bonds. The maximum atomic E-state index is 11.3. The highest BCUT2D eigenvalue weighted by Crippen LogP contribution is 2.28. The number of primary sulfonamides is 1. The molecule has 0 aliphatic rings. The number of hydrogen-bond acceptors (Lipinski definition) is 4. The Hall–Kier alpha value is -0.950. The van der Waals surface area contributed by atoms with Crippen molar-refractivity contribution in [3.05, 3.63) is 35.3 Å². The molecule has 0 spiro atoms. The lowest BCUT2D eigenvalue weighted by Gasteiger charge is -2.07. The molecular weight excluding hydrogens is 280 g/mol. The zero-order valence-electron chi connectivity index (χ0n) is 8.95. The summed E-state index contributed by atoms with van der Waals surface area (Å²) in [6, 6.07) is 5.01. The molecule has 1 aromatic carbocycles. The highest BCUT2D eigenvalue weighted by atomic mass is 35.5. The third-order valence-corrected chi connectivity index (χ3v) is 4.12. The second kappa shape index (κ2) is 5.14. The largest absolute Gasteiger partial charge is 0.245 e. The summed E-state index contributed by atoms with van der Waals surface area (Å²) in [5, 5.41) is 7.78. The van der Waals surface area contributed by atoms with Gasteiger partial charge in [-0.2, -0.15) is 0 Å². The molecule has 4 nitrogen and oxygen atoms in total. The van der Waals surface area contributed by atoms with E-state index < -0.39 is 10.0 Å². The Labute approximate surface area is 110 Å². The van der Waals surface area contributed by atoms with E-state index in [9.17, 15) is 8.42 Å². The van der Waals surface area contributed by atoms with Gasteiger partial charge in [0, 0.05) is 17.1 Å². The molecule has 0 aliphatic carbocycles. The SMILES string of the molecule is Cc1c(-c2nccs2)cccc1S(N)(=O)=O.Cl. The van der Waals surface area contributed by atoms with Crippen LogP contribution in [0.4, 0.5) is 0 Å². The zero-order valence-corrected chi connectivity index (χ0v) is 11.4. The van der Waals surface area contributed by atoms with Crippen molar-refractivity contribution >= 4 is 33.8 Å². The summed E-state index contributed by atoms with van der Waals surface area (Å²) in [6.07, 6.45) is 1.68. The zero-order chi connectivity index (χ0) is 11.8. The van der Waals surface area contributed by atoms with Crippen LogP contribution in [0, 0.1) is 6.92 Å². The van der Waals surface area contributed by atoms with Gasteiger partial charge in [-0.05, 0) is 18.6 Å². The number of rotatable bonds is 2. The van der Waals surface area contributed by atoms with Gasteiger partial charge in [-0.3, -0.25) is 0 Å². The van der Waals surface area contributed by atoms with Crippen LogP contribution in [-0.4, -0.2) is 13.4 Å². The predicted molar refractivity (Wildman–Crippen MR) is 70.9 cm³/mol. The molecule has 0 fully saturated rings. The molecule has 7 heteroatoms. The maximum Gasteiger partial charge on any atom is 0.238 e. The minimum atomic E-state index is -3.67. The molecule has 2 aromatic rings. The molecular formula is C10H11ClN2O2S2. The Morgan fingerprint density at radius 1 is 1.35 bits per heavy atom. The monoisotopic (exact) mass is 290 g/mol. The van der Waals surface area contributed by atoms with Gasteiger partial charge in [0.05, 0.1) is 4.90 Å². The minimum Gasteiger partial charge on any atom is -0.245 e. The number of aromatic nitrogens is 1. The molecule has 0 saturated carbocycles. The van der Waals surface area contributed by atoms with E-state index in [1.165, 1.54) is 17.4 Å². The van der Waals surface area contributed by atoms with E-state index in [1.807, 2.05) is 11.4 Å². The van der Waals surface area contributed by atoms with Crippen LogP contribution in [0.25, 0.3) is 10.6 Å². The van der Waals surface area contributed by atoms with E-state index in [0.717, 1.165) is 10.6 Å². The lowest BCUT2D eigenvalue weighted by molar-refractivity contribution is 0.597. The average Bonchev–Trinajstić information content (AvgIpc) is 2.69. The Bertz CT molecular complexity index is 609. The number of nitrogens with zero attached hydrogens (tertiary/aromatic N) is 1. The van der Waals surface area contributed by atoms with Crippen molar-refractivity contribution in [1.29, 1.82) is 0 Å². The van der Waals surface area contributed by atoms with Crippen LogP contribution in [0.3, 0.4) is 0 Å². The number of thiazole rings is 1. The fourth-order valence-electron chi connectivity index (χ4n) is 1.51. The van der Waals surface area contributed by atoms with Gasteiger partial charge in [-0.15, -0.1) is 23.7 Å². The van der Waals surface area contributed by atoms with Gasteiger partial charge in [-0.1, -0.05) is 12.1 Å².